The lowest BCUT2D eigenvalue weighted by Gasteiger charge is -2.17. The molecule has 0 unspecified atom stereocenters. The number of aryl methyl sites for hydroxylation is 1. The molecule has 0 spiro atoms. The van der Waals surface area contributed by atoms with Crippen LogP contribution in [-0.2, 0) is 10.0 Å². The summed E-state index contributed by atoms with van der Waals surface area (Å²) in [6, 6.07) is 11.4. The number of para-hydroxylation sites is 1. The zero-order valence-electron chi connectivity index (χ0n) is 18.1. The Kier molecular flexibility index (Phi) is 7.12. The van der Waals surface area contributed by atoms with Crippen LogP contribution in [0.4, 0.5) is 5.69 Å². The molecule has 2 aromatic rings. The van der Waals surface area contributed by atoms with Crippen molar-refractivity contribution in [3.8, 4) is 0 Å². The van der Waals surface area contributed by atoms with Gasteiger partial charge < -0.3 is 10.6 Å². The number of nitrogens with zero attached hydrogens (tertiary/aromatic N) is 1. The molecular formula is C23H29N3O4S. The Morgan fingerprint density at radius 3 is 2.39 bits per heavy atom. The Hall–Kier alpha value is -2.71. The highest BCUT2D eigenvalue weighted by Gasteiger charge is 2.28. The highest BCUT2D eigenvalue weighted by molar-refractivity contribution is 7.89. The number of sulfonamides is 1. The third-order valence-electron chi connectivity index (χ3n) is 5.57. The molecule has 0 aromatic heterocycles. The van der Waals surface area contributed by atoms with Crippen LogP contribution in [0.3, 0.4) is 0 Å². The standard InChI is InChI=1S/C23H29N3O4S/c1-4-17(3)24-22(27)19-9-5-6-10-21(19)25-23(28)20-15-18(12-11-16(20)2)31(29,30)26-13-7-8-14-26/h5-6,9-12,15,17H,4,7-8,13-14H2,1-3H3,(H,24,27)(H,25,28)/t17-/m1/s1. The molecular weight excluding hydrogens is 414 g/mol. The van der Waals surface area contributed by atoms with Crippen molar-refractivity contribution in [1.82, 2.24) is 9.62 Å². The number of hydrogen-bond acceptors (Lipinski definition) is 4. The predicted molar refractivity (Wildman–Crippen MR) is 121 cm³/mol. The number of carbonyl (C=O) groups is 2. The average molecular weight is 444 g/mol. The van der Waals surface area contributed by atoms with Gasteiger partial charge in [0.25, 0.3) is 11.8 Å². The molecule has 1 fully saturated rings. The normalized spacial score (nSPS) is 15.5. The Morgan fingerprint density at radius 2 is 1.71 bits per heavy atom. The number of amides is 2. The van der Waals surface area contributed by atoms with Crippen molar-refractivity contribution in [2.45, 2.75) is 51.0 Å². The van der Waals surface area contributed by atoms with E-state index in [1.165, 1.54) is 16.4 Å². The Bertz CT molecular complexity index is 1080. The van der Waals surface area contributed by atoms with E-state index >= 15 is 0 Å². The molecule has 0 bridgehead atoms. The van der Waals surface area contributed by atoms with Crippen LogP contribution in [0.2, 0.25) is 0 Å². The van der Waals surface area contributed by atoms with Crippen molar-refractivity contribution in [1.29, 1.82) is 0 Å². The molecule has 1 atom stereocenters. The third-order valence-corrected chi connectivity index (χ3v) is 7.46. The lowest BCUT2D eigenvalue weighted by Crippen LogP contribution is -2.32. The van der Waals surface area contributed by atoms with Gasteiger partial charge in [0.2, 0.25) is 10.0 Å². The first-order chi connectivity index (χ1) is 14.7. The van der Waals surface area contributed by atoms with Crippen LogP contribution >= 0.6 is 0 Å². The van der Waals surface area contributed by atoms with E-state index in [9.17, 15) is 18.0 Å². The molecule has 31 heavy (non-hydrogen) atoms. The van der Waals surface area contributed by atoms with E-state index in [0.717, 1.165) is 19.3 Å². The summed E-state index contributed by atoms with van der Waals surface area (Å²) in [5.41, 5.74) is 1.65. The van der Waals surface area contributed by atoms with Crippen LogP contribution in [0.1, 0.15) is 59.4 Å². The molecule has 3 rings (SSSR count). The van der Waals surface area contributed by atoms with Crippen LogP contribution < -0.4 is 10.6 Å². The highest BCUT2D eigenvalue weighted by Crippen LogP contribution is 2.24. The SMILES string of the molecule is CC[C@@H](C)NC(=O)c1ccccc1NC(=O)c1cc(S(=O)(=O)N2CCCC2)ccc1C. The minimum Gasteiger partial charge on any atom is -0.350 e. The van der Waals surface area contributed by atoms with Crippen molar-refractivity contribution in [2.75, 3.05) is 18.4 Å². The van der Waals surface area contributed by atoms with Crippen molar-refractivity contribution in [3.63, 3.8) is 0 Å². The largest absolute Gasteiger partial charge is 0.350 e. The maximum absolute atomic E-state index is 13.0. The molecule has 7 nitrogen and oxygen atoms in total. The first-order valence-electron chi connectivity index (χ1n) is 10.6. The van der Waals surface area contributed by atoms with Gasteiger partial charge in [-0.3, -0.25) is 9.59 Å². The molecule has 1 aliphatic heterocycles. The summed E-state index contributed by atoms with van der Waals surface area (Å²) < 4.78 is 27.2. The van der Waals surface area contributed by atoms with Gasteiger partial charge >= 0.3 is 0 Å². The second kappa shape index (κ2) is 9.62. The Balaban J connectivity index is 1.87. The maximum Gasteiger partial charge on any atom is 0.255 e. The number of hydrogen-bond donors (Lipinski definition) is 2. The maximum atomic E-state index is 13.0. The zero-order valence-corrected chi connectivity index (χ0v) is 19.0. The van der Waals surface area contributed by atoms with Crippen molar-refractivity contribution in [2.24, 2.45) is 0 Å². The minimum absolute atomic E-state index is 0.00553. The summed E-state index contributed by atoms with van der Waals surface area (Å²) in [5, 5.41) is 5.68. The lowest BCUT2D eigenvalue weighted by atomic mass is 10.1. The predicted octanol–water partition coefficient (Wildman–Crippen LogP) is 3.56. The third kappa shape index (κ3) is 5.14. The molecule has 1 heterocycles. The Morgan fingerprint density at radius 1 is 1.03 bits per heavy atom. The molecule has 8 heteroatoms. The summed E-state index contributed by atoms with van der Waals surface area (Å²) in [7, 11) is -3.63. The van der Waals surface area contributed by atoms with E-state index in [4.69, 9.17) is 0 Å². The van der Waals surface area contributed by atoms with E-state index in [1.807, 2.05) is 13.8 Å². The molecule has 0 radical (unpaired) electrons. The van der Waals surface area contributed by atoms with E-state index in [-0.39, 0.29) is 22.4 Å². The summed E-state index contributed by atoms with van der Waals surface area (Å²) in [5.74, 6) is -0.730. The van der Waals surface area contributed by atoms with Crippen LogP contribution in [-0.4, -0.2) is 43.7 Å². The van der Waals surface area contributed by atoms with Gasteiger partial charge in [-0.2, -0.15) is 4.31 Å². The monoisotopic (exact) mass is 443 g/mol. The second-order valence-corrected chi connectivity index (χ2v) is 9.81. The highest BCUT2D eigenvalue weighted by atomic mass is 32.2. The van der Waals surface area contributed by atoms with Gasteiger partial charge in [0, 0.05) is 24.7 Å². The molecule has 2 N–H and O–H groups in total. The molecule has 1 saturated heterocycles. The summed E-state index contributed by atoms with van der Waals surface area (Å²) in [6.07, 6.45) is 2.47. The Labute approximate surface area is 183 Å². The fourth-order valence-electron chi connectivity index (χ4n) is 3.47. The zero-order chi connectivity index (χ0) is 22.6. The van der Waals surface area contributed by atoms with E-state index < -0.39 is 15.9 Å². The molecule has 166 valence electrons. The van der Waals surface area contributed by atoms with Crippen LogP contribution in [0.5, 0.6) is 0 Å². The van der Waals surface area contributed by atoms with Gasteiger partial charge in [-0.15, -0.1) is 0 Å². The molecule has 1 aliphatic rings. The van der Waals surface area contributed by atoms with Crippen LogP contribution in [0.25, 0.3) is 0 Å². The quantitative estimate of drug-likeness (QED) is 0.684. The molecule has 2 aromatic carbocycles. The van der Waals surface area contributed by atoms with Gasteiger partial charge in [0.15, 0.2) is 0 Å². The molecule has 0 aliphatic carbocycles. The van der Waals surface area contributed by atoms with Crippen LogP contribution in [0.15, 0.2) is 47.4 Å². The minimum atomic E-state index is -3.63. The fourth-order valence-corrected chi connectivity index (χ4v) is 5.01. The second-order valence-electron chi connectivity index (χ2n) is 7.87. The van der Waals surface area contributed by atoms with Crippen molar-refractivity contribution >= 4 is 27.5 Å². The first kappa shape index (κ1) is 23.0. The number of nitrogens with one attached hydrogen (secondary N) is 2. The smallest absolute Gasteiger partial charge is 0.255 e. The van der Waals surface area contributed by atoms with Gasteiger partial charge in [-0.1, -0.05) is 25.1 Å². The number of anilines is 1. The van der Waals surface area contributed by atoms with Gasteiger partial charge in [-0.25, -0.2) is 8.42 Å². The number of carbonyl (C=O) groups excluding carboxylic acids is 2. The fraction of sp³-hybridized carbons (Fsp3) is 0.391. The van der Waals surface area contributed by atoms with Gasteiger partial charge in [0.05, 0.1) is 16.1 Å². The molecule has 0 saturated carbocycles. The van der Waals surface area contributed by atoms with E-state index in [2.05, 4.69) is 10.6 Å². The number of rotatable bonds is 7. The first-order valence-corrected chi connectivity index (χ1v) is 12.0. The van der Waals surface area contributed by atoms with Gasteiger partial charge in [-0.05, 0) is 62.9 Å². The van der Waals surface area contributed by atoms with E-state index in [1.54, 1.807) is 37.3 Å². The van der Waals surface area contributed by atoms with Gasteiger partial charge in [0.1, 0.15) is 0 Å². The van der Waals surface area contributed by atoms with Crippen LogP contribution in [0, 0.1) is 6.92 Å². The summed E-state index contributed by atoms with van der Waals surface area (Å²) in [6.45, 7) is 6.63. The topological polar surface area (TPSA) is 95.6 Å². The average Bonchev–Trinajstić information content (AvgIpc) is 3.30. The number of benzene rings is 2. The molecule has 2 amide bonds. The van der Waals surface area contributed by atoms with Crippen molar-refractivity contribution < 1.29 is 18.0 Å². The van der Waals surface area contributed by atoms with E-state index in [0.29, 0.717) is 29.9 Å². The van der Waals surface area contributed by atoms with Crippen molar-refractivity contribution in [3.05, 3.63) is 59.2 Å². The summed E-state index contributed by atoms with van der Waals surface area (Å²) in [4.78, 5) is 25.7. The lowest BCUT2D eigenvalue weighted by molar-refractivity contribution is 0.0940. The summed E-state index contributed by atoms with van der Waals surface area (Å²) >= 11 is 0.